The number of likely N-dealkylation sites (N-methyl/N-ethyl adjacent to an activating group) is 1. The highest BCUT2D eigenvalue weighted by molar-refractivity contribution is 6.39. The highest BCUT2D eigenvalue weighted by Gasteiger charge is 2.26. The van der Waals surface area contributed by atoms with Crippen LogP contribution in [0.1, 0.15) is 17.2 Å². The van der Waals surface area contributed by atoms with E-state index < -0.39 is 11.8 Å². The highest BCUT2D eigenvalue weighted by Crippen LogP contribution is 2.26. The summed E-state index contributed by atoms with van der Waals surface area (Å²) in [5, 5.41) is 5.47. The number of hydrogen-bond acceptors (Lipinski definition) is 6. The van der Waals surface area contributed by atoms with Gasteiger partial charge in [0.15, 0.2) is 0 Å². The van der Waals surface area contributed by atoms with Crippen LogP contribution in [0.5, 0.6) is 11.5 Å². The van der Waals surface area contributed by atoms with E-state index in [0.29, 0.717) is 18.0 Å². The molecule has 1 aliphatic rings. The molecule has 32 heavy (non-hydrogen) atoms. The zero-order chi connectivity index (χ0) is 23.1. The average molecular weight is 441 g/mol. The van der Waals surface area contributed by atoms with Crippen LogP contribution in [-0.2, 0) is 9.59 Å². The second-order valence-electron chi connectivity index (χ2n) is 8.00. The van der Waals surface area contributed by atoms with Crippen LogP contribution in [0.25, 0.3) is 0 Å². The lowest BCUT2D eigenvalue weighted by Gasteiger charge is -2.38. The molecule has 2 aromatic carbocycles. The third-order valence-corrected chi connectivity index (χ3v) is 5.74. The van der Waals surface area contributed by atoms with Crippen LogP contribution in [-0.4, -0.2) is 75.6 Å². The van der Waals surface area contributed by atoms with E-state index in [0.717, 1.165) is 43.1 Å². The molecule has 8 nitrogen and oxygen atoms in total. The predicted octanol–water partition coefficient (Wildman–Crippen LogP) is 2.06. The van der Waals surface area contributed by atoms with Crippen molar-refractivity contribution in [1.29, 1.82) is 0 Å². The first-order valence-electron chi connectivity index (χ1n) is 10.7. The van der Waals surface area contributed by atoms with E-state index >= 15 is 0 Å². The van der Waals surface area contributed by atoms with Gasteiger partial charge in [-0.2, -0.15) is 0 Å². The van der Waals surface area contributed by atoms with E-state index in [4.69, 9.17) is 9.47 Å². The first-order valence-corrected chi connectivity index (χ1v) is 10.7. The number of benzene rings is 2. The van der Waals surface area contributed by atoms with Crippen LogP contribution >= 0.6 is 0 Å². The summed E-state index contributed by atoms with van der Waals surface area (Å²) >= 11 is 0. The largest absolute Gasteiger partial charge is 0.497 e. The molecule has 1 atom stereocenters. The van der Waals surface area contributed by atoms with E-state index in [1.54, 1.807) is 19.2 Å². The summed E-state index contributed by atoms with van der Waals surface area (Å²) in [6, 6.07) is 13.2. The third-order valence-electron chi connectivity index (χ3n) is 5.74. The fourth-order valence-corrected chi connectivity index (χ4v) is 3.79. The molecule has 1 fully saturated rings. The summed E-state index contributed by atoms with van der Waals surface area (Å²) in [4.78, 5) is 29.7. The molecule has 1 saturated heterocycles. The maximum Gasteiger partial charge on any atom is 0.313 e. The van der Waals surface area contributed by atoms with Crippen molar-refractivity contribution in [3.63, 3.8) is 0 Å². The fourth-order valence-electron chi connectivity index (χ4n) is 3.79. The van der Waals surface area contributed by atoms with Gasteiger partial charge in [-0.1, -0.05) is 18.2 Å². The second-order valence-corrected chi connectivity index (χ2v) is 8.00. The first-order chi connectivity index (χ1) is 15.4. The molecule has 0 unspecified atom stereocenters. The molecular weight excluding hydrogens is 408 g/mol. The maximum absolute atomic E-state index is 12.6. The number of hydrogen-bond donors (Lipinski definition) is 2. The van der Waals surface area contributed by atoms with E-state index in [9.17, 15) is 9.59 Å². The van der Waals surface area contributed by atoms with Crippen molar-refractivity contribution in [3.05, 3.63) is 53.6 Å². The van der Waals surface area contributed by atoms with Crippen molar-refractivity contribution in [1.82, 2.24) is 15.1 Å². The Morgan fingerprint density at radius 2 is 1.66 bits per heavy atom. The van der Waals surface area contributed by atoms with Crippen LogP contribution in [0, 0.1) is 6.92 Å². The van der Waals surface area contributed by atoms with Crippen LogP contribution in [0.4, 0.5) is 5.69 Å². The minimum atomic E-state index is -0.722. The molecule has 8 heteroatoms. The predicted molar refractivity (Wildman–Crippen MR) is 124 cm³/mol. The van der Waals surface area contributed by atoms with Crippen molar-refractivity contribution in [2.24, 2.45) is 0 Å². The fraction of sp³-hybridized carbons (Fsp3) is 0.417. The van der Waals surface area contributed by atoms with E-state index in [-0.39, 0.29) is 6.04 Å². The van der Waals surface area contributed by atoms with Crippen molar-refractivity contribution in [2.75, 3.05) is 59.3 Å². The molecule has 0 spiro atoms. The van der Waals surface area contributed by atoms with Crippen LogP contribution < -0.4 is 20.1 Å². The Morgan fingerprint density at radius 1 is 0.969 bits per heavy atom. The zero-order valence-corrected chi connectivity index (χ0v) is 19.2. The molecule has 0 aliphatic carbocycles. The van der Waals surface area contributed by atoms with Crippen molar-refractivity contribution >= 4 is 17.5 Å². The lowest BCUT2D eigenvalue weighted by Crippen LogP contribution is -2.49. The Bertz CT molecular complexity index is 924. The molecule has 2 amide bonds. The van der Waals surface area contributed by atoms with E-state index in [1.165, 1.54) is 7.11 Å². The minimum absolute atomic E-state index is 0.0418. The first kappa shape index (κ1) is 23.6. The van der Waals surface area contributed by atoms with Crippen LogP contribution in [0.2, 0.25) is 0 Å². The molecule has 0 radical (unpaired) electrons. The number of methoxy groups -OCH3 is 2. The van der Waals surface area contributed by atoms with Gasteiger partial charge < -0.3 is 25.0 Å². The Kier molecular flexibility index (Phi) is 8.08. The number of nitrogens with one attached hydrogen (secondary N) is 2. The molecule has 0 bridgehead atoms. The van der Waals surface area contributed by atoms with Gasteiger partial charge in [-0.3, -0.25) is 14.5 Å². The summed E-state index contributed by atoms with van der Waals surface area (Å²) in [6.45, 7) is 5.91. The second kappa shape index (κ2) is 11.0. The van der Waals surface area contributed by atoms with E-state index in [1.807, 2.05) is 37.3 Å². The third kappa shape index (κ3) is 5.99. The molecule has 3 rings (SSSR count). The number of amides is 2. The van der Waals surface area contributed by atoms with Gasteiger partial charge >= 0.3 is 11.8 Å². The molecule has 0 saturated carbocycles. The van der Waals surface area contributed by atoms with Gasteiger partial charge in [-0.25, -0.2) is 0 Å². The van der Waals surface area contributed by atoms with E-state index in [2.05, 4.69) is 27.5 Å². The SMILES string of the molecule is COc1ccc([C@@H](CNC(=O)C(=O)Nc2cc(C)ccc2OC)N2CCN(C)CC2)cc1. The van der Waals surface area contributed by atoms with Crippen molar-refractivity contribution in [2.45, 2.75) is 13.0 Å². The maximum atomic E-state index is 12.6. The topological polar surface area (TPSA) is 83.1 Å². The highest BCUT2D eigenvalue weighted by atomic mass is 16.5. The number of rotatable bonds is 7. The Morgan fingerprint density at radius 3 is 2.28 bits per heavy atom. The van der Waals surface area contributed by atoms with Crippen molar-refractivity contribution in [3.8, 4) is 11.5 Å². The summed E-state index contributed by atoms with van der Waals surface area (Å²) in [5.41, 5.74) is 2.49. The molecule has 0 aromatic heterocycles. The van der Waals surface area contributed by atoms with Gasteiger partial charge in [0.25, 0.3) is 0 Å². The molecule has 1 aliphatic heterocycles. The number of nitrogens with zero attached hydrogens (tertiary/aromatic N) is 2. The Labute approximate surface area is 189 Å². The molecule has 1 heterocycles. The standard InChI is InChI=1S/C24H32N4O4/c1-17-5-10-22(32-4)20(15-17)26-24(30)23(29)25-16-21(28-13-11-27(2)12-14-28)18-6-8-19(31-3)9-7-18/h5-10,15,21H,11-14,16H2,1-4H3,(H,25,29)(H,26,30)/t21-/m1/s1. The summed E-state index contributed by atoms with van der Waals surface area (Å²) < 4.78 is 10.5. The number of ether oxygens (including phenoxy) is 2. The van der Waals surface area contributed by atoms with Gasteiger partial charge in [0.05, 0.1) is 25.9 Å². The van der Waals surface area contributed by atoms with Crippen LogP contribution in [0.15, 0.2) is 42.5 Å². The number of aryl methyl sites for hydroxylation is 1. The zero-order valence-electron chi connectivity index (χ0n) is 19.2. The lowest BCUT2D eigenvalue weighted by molar-refractivity contribution is -0.136. The van der Waals surface area contributed by atoms with Gasteiger partial charge in [-0.15, -0.1) is 0 Å². The normalized spacial score (nSPS) is 15.6. The molecule has 172 valence electrons. The van der Waals surface area contributed by atoms with Gasteiger partial charge in [0.2, 0.25) is 0 Å². The van der Waals surface area contributed by atoms with Gasteiger partial charge in [0, 0.05) is 32.7 Å². The van der Waals surface area contributed by atoms with Crippen molar-refractivity contribution < 1.29 is 19.1 Å². The molecular formula is C24H32N4O4. The minimum Gasteiger partial charge on any atom is -0.497 e. The number of anilines is 1. The Balaban J connectivity index is 1.68. The number of piperazine rings is 1. The summed E-state index contributed by atoms with van der Waals surface area (Å²) in [6.07, 6.45) is 0. The quantitative estimate of drug-likeness (QED) is 0.642. The Hall–Kier alpha value is -3.10. The summed E-state index contributed by atoms with van der Waals surface area (Å²) in [5.74, 6) is -0.117. The average Bonchev–Trinajstić information content (AvgIpc) is 2.80. The van der Waals surface area contributed by atoms with Crippen LogP contribution in [0.3, 0.4) is 0 Å². The summed E-state index contributed by atoms with van der Waals surface area (Å²) in [7, 11) is 5.26. The van der Waals surface area contributed by atoms with Gasteiger partial charge in [-0.05, 0) is 49.4 Å². The number of carbonyl (C=O) groups excluding carboxylic acids is 2. The molecule has 2 N–H and O–H groups in total. The van der Waals surface area contributed by atoms with Gasteiger partial charge in [0.1, 0.15) is 11.5 Å². The smallest absolute Gasteiger partial charge is 0.313 e. The lowest BCUT2D eigenvalue weighted by atomic mass is 10.0. The monoisotopic (exact) mass is 440 g/mol. The number of carbonyl (C=O) groups is 2. The molecule has 2 aromatic rings.